The zero-order chi connectivity index (χ0) is 23.3. The lowest BCUT2D eigenvalue weighted by atomic mass is 10.1. The number of sulfonamides is 1. The molecule has 0 heterocycles. The molecule has 2 aromatic rings. The van der Waals surface area contributed by atoms with Gasteiger partial charge in [-0.1, -0.05) is 34.1 Å². The summed E-state index contributed by atoms with van der Waals surface area (Å²) < 4.78 is 27.1. The van der Waals surface area contributed by atoms with Crippen molar-refractivity contribution in [1.29, 1.82) is 0 Å². The number of carbonyl (C=O) groups excluding carboxylic acids is 2. The van der Waals surface area contributed by atoms with Gasteiger partial charge in [0.2, 0.25) is 21.8 Å². The second kappa shape index (κ2) is 10.3. The first kappa shape index (κ1) is 24.9. The molecular weight excluding hydrogens is 482 g/mol. The highest BCUT2D eigenvalue weighted by Gasteiger charge is 2.29. The Kier molecular flexibility index (Phi) is 8.25. The van der Waals surface area contributed by atoms with Crippen LogP contribution in [-0.4, -0.2) is 51.0 Å². The summed E-state index contributed by atoms with van der Waals surface area (Å²) in [6.07, 6.45) is 1.07. The van der Waals surface area contributed by atoms with Crippen molar-refractivity contribution in [2.75, 3.05) is 24.2 Å². The van der Waals surface area contributed by atoms with Crippen LogP contribution in [0, 0.1) is 13.8 Å². The van der Waals surface area contributed by atoms with Crippen molar-refractivity contribution in [3.63, 3.8) is 0 Å². The summed E-state index contributed by atoms with van der Waals surface area (Å²) in [6, 6.07) is 12.0. The van der Waals surface area contributed by atoms with Crippen molar-refractivity contribution in [2.24, 2.45) is 0 Å². The number of hydrogen-bond acceptors (Lipinski definition) is 4. The average molecular weight is 510 g/mol. The molecule has 0 aromatic heterocycles. The Morgan fingerprint density at radius 1 is 1.06 bits per heavy atom. The molecule has 0 aliphatic carbocycles. The monoisotopic (exact) mass is 509 g/mol. The van der Waals surface area contributed by atoms with Gasteiger partial charge in [-0.25, -0.2) is 8.42 Å². The van der Waals surface area contributed by atoms with Crippen molar-refractivity contribution in [2.45, 2.75) is 33.4 Å². The molecule has 2 aromatic carbocycles. The number of rotatable bonds is 8. The van der Waals surface area contributed by atoms with Gasteiger partial charge in [0.15, 0.2) is 0 Å². The fourth-order valence-corrected chi connectivity index (χ4v) is 4.38. The number of benzene rings is 2. The molecule has 2 amide bonds. The maximum absolute atomic E-state index is 13.3. The fraction of sp³-hybridized carbons (Fsp3) is 0.364. The van der Waals surface area contributed by atoms with Crippen molar-refractivity contribution in [3.05, 3.63) is 63.6 Å². The zero-order valence-corrected chi connectivity index (χ0v) is 20.7. The maximum Gasteiger partial charge on any atom is 0.244 e. The van der Waals surface area contributed by atoms with Gasteiger partial charge in [0, 0.05) is 18.1 Å². The van der Waals surface area contributed by atoms with E-state index >= 15 is 0 Å². The van der Waals surface area contributed by atoms with E-state index < -0.39 is 28.5 Å². The van der Waals surface area contributed by atoms with Crippen LogP contribution in [0.2, 0.25) is 0 Å². The van der Waals surface area contributed by atoms with Crippen molar-refractivity contribution >= 4 is 43.5 Å². The predicted octanol–water partition coefficient (Wildman–Crippen LogP) is 3.00. The summed E-state index contributed by atoms with van der Waals surface area (Å²) in [5, 5.41) is 2.55. The molecule has 1 atom stereocenters. The lowest BCUT2D eigenvalue weighted by Gasteiger charge is -2.31. The third-order valence-corrected chi connectivity index (χ3v) is 6.52. The summed E-state index contributed by atoms with van der Waals surface area (Å²) in [5.41, 5.74) is 3.03. The van der Waals surface area contributed by atoms with Gasteiger partial charge < -0.3 is 10.2 Å². The predicted molar refractivity (Wildman–Crippen MR) is 126 cm³/mol. The zero-order valence-electron chi connectivity index (χ0n) is 18.3. The number of nitrogens with one attached hydrogen (secondary N) is 1. The smallest absolute Gasteiger partial charge is 0.244 e. The van der Waals surface area contributed by atoms with E-state index in [4.69, 9.17) is 0 Å². The quantitative estimate of drug-likeness (QED) is 0.592. The standard InChI is InChI=1S/C22H28BrN3O4S/c1-15-10-16(2)12-20(11-15)26(31(5,29)30)14-21(27)25(17(3)22(28)24-4)13-18-6-8-19(23)9-7-18/h6-12,17H,13-14H2,1-5H3,(H,24,28)/t17-/m0/s1. The number of anilines is 1. The van der Waals surface area contributed by atoms with Gasteiger partial charge in [-0.3, -0.25) is 13.9 Å². The Labute approximate surface area is 192 Å². The van der Waals surface area contributed by atoms with Crippen LogP contribution in [0.3, 0.4) is 0 Å². The highest BCUT2D eigenvalue weighted by atomic mass is 79.9. The minimum absolute atomic E-state index is 0.172. The molecular formula is C22H28BrN3O4S. The molecule has 0 aliphatic rings. The van der Waals surface area contributed by atoms with Crippen molar-refractivity contribution in [1.82, 2.24) is 10.2 Å². The van der Waals surface area contributed by atoms with Crippen LogP contribution in [0.1, 0.15) is 23.6 Å². The number of likely N-dealkylation sites (N-methyl/N-ethyl adjacent to an activating group) is 1. The first-order chi connectivity index (χ1) is 14.4. The van der Waals surface area contributed by atoms with E-state index in [1.54, 1.807) is 19.1 Å². The molecule has 2 rings (SSSR count). The van der Waals surface area contributed by atoms with Gasteiger partial charge >= 0.3 is 0 Å². The van der Waals surface area contributed by atoms with Crippen LogP contribution in [0.25, 0.3) is 0 Å². The highest BCUT2D eigenvalue weighted by molar-refractivity contribution is 9.10. The molecule has 0 radical (unpaired) electrons. The van der Waals surface area contributed by atoms with E-state index in [0.717, 1.165) is 31.7 Å². The highest BCUT2D eigenvalue weighted by Crippen LogP contribution is 2.22. The lowest BCUT2D eigenvalue weighted by molar-refractivity contribution is -0.139. The van der Waals surface area contributed by atoms with E-state index in [0.29, 0.717) is 5.69 Å². The first-order valence-electron chi connectivity index (χ1n) is 9.74. The van der Waals surface area contributed by atoms with Crippen molar-refractivity contribution in [3.8, 4) is 0 Å². The van der Waals surface area contributed by atoms with E-state index in [-0.39, 0.29) is 12.5 Å². The number of halogens is 1. The SMILES string of the molecule is CNC(=O)[C@H](C)N(Cc1ccc(Br)cc1)C(=O)CN(c1cc(C)cc(C)c1)S(C)(=O)=O. The second-order valence-corrected chi connectivity index (χ2v) is 10.4. The Balaban J connectivity index is 2.40. The molecule has 0 unspecified atom stereocenters. The number of carbonyl (C=O) groups is 2. The summed E-state index contributed by atoms with van der Waals surface area (Å²) in [6.45, 7) is 5.13. The fourth-order valence-electron chi connectivity index (χ4n) is 3.29. The Morgan fingerprint density at radius 2 is 1.61 bits per heavy atom. The molecule has 0 saturated heterocycles. The molecule has 9 heteroatoms. The summed E-state index contributed by atoms with van der Waals surface area (Å²) in [4.78, 5) is 27.0. The number of hydrogen-bond donors (Lipinski definition) is 1. The molecule has 31 heavy (non-hydrogen) atoms. The van der Waals surface area contributed by atoms with Crippen LogP contribution in [0.15, 0.2) is 46.9 Å². The molecule has 0 spiro atoms. The summed E-state index contributed by atoms with van der Waals surface area (Å²) in [7, 11) is -2.23. The topological polar surface area (TPSA) is 86.8 Å². The Bertz CT molecular complexity index is 1030. The van der Waals surface area contributed by atoms with Gasteiger partial charge in [0.05, 0.1) is 11.9 Å². The number of amides is 2. The Hall–Kier alpha value is -2.39. The van der Waals surface area contributed by atoms with Gasteiger partial charge in [-0.15, -0.1) is 0 Å². The van der Waals surface area contributed by atoms with Gasteiger partial charge in [-0.05, 0) is 61.7 Å². The van der Waals surface area contributed by atoms with E-state index in [1.165, 1.54) is 11.9 Å². The largest absolute Gasteiger partial charge is 0.357 e. The van der Waals surface area contributed by atoms with Crippen molar-refractivity contribution < 1.29 is 18.0 Å². The average Bonchev–Trinajstić information content (AvgIpc) is 2.68. The van der Waals surface area contributed by atoms with Crippen LogP contribution < -0.4 is 9.62 Å². The summed E-state index contributed by atoms with van der Waals surface area (Å²) in [5.74, 6) is -0.800. The minimum Gasteiger partial charge on any atom is -0.357 e. The molecule has 168 valence electrons. The van der Waals surface area contributed by atoms with E-state index in [9.17, 15) is 18.0 Å². The molecule has 0 bridgehead atoms. The van der Waals surface area contributed by atoms with Crippen LogP contribution >= 0.6 is 15.9 Å². The lowest BCUT2D eigenvalue weighted by Crippen LogP contribution is -2.50. The summed E-state index contributed by atoms with van der Waals surface area (Å²) >= 11 is 3.38. The van der Waals surface area contributed by atoms with Gasteiger partial charge in [0.1, 0.15) is 12.6 Å². The van der Waals surface area contributed by atoms with Crippen LogP contribution in [0.4, 0.5) is 5.69 Å². The third kappa shape index (κ3) is 6.80. The second-order valence-electron chi connectivity index (χ2n) is 7.55. The van der Waals surface area contributed by atoms with Gasteiger partial charge in [-0.2, -0.15) is 0 Å². The molecule has 7 nitrogen and oxygen atoms in total. The Morgan fingerprint density at radius 3 is 2.10 bits per heavy atom. The molecule has 0 saturated carbocycles. The van der Waals surface area contributed by atoms with Gasteiger partial charge in [0.25, 0.3) is 0 Å². The molecule has 1 N–H and O–H groups in total. The number of aryl methyl sites for hydroxylation is 2. The van der Waals surface area contributed by atoms with E-state index in [1.807, 2.05) is 44.2 Å². The maximum atomic E-state index is 13.3. The van der Waals surface area contributed by atoms with Crippen LogP contribution in [0.5, 0.6) is 0 Å². The number of nitrogens with zero attached hydrogens (tertiary/aromatic N) is 2. The molecule has 0 fully saturated rings. The molecule has 0 aliphatic heterocycles. The minimum atomic E-state index is -3.73. The van der Waals surface area contributed by atoms with E-state index in [2.05, 4.69) is 21.2 Å². The normalized spacial score (nSPS) is 12.2. The first-order valence-corrected chi connectivity index (χ1v) is 12.4. The third-order valence-electron chi connectivity index (χ3n) is 4.85. The van der Waals surface area contributed by atoms with Crippen LogP contribution in [-0.2, 0) is 26.2 Å².